The van der Waals surface area contributed by atoms with Gasteiger partial charge in [-0.15, -0.1) is 0 Å². The summed E-state index contributed by atoms with van der Waals surface area (Å²) in [7, 11) is 0. The highest BCUT2D eigenvalue weighted by Gasteiger charge is 2.25. The molecule has 0 amide bonds. The van der Waals surface area contributed by atoms with E-state index in [0.29, 0.717) is 23.0 Å². The molecule has 3 heterocycles. The van der Waals surface area contributed by atoms with Gasteiger partial charge in [0, 0.05) is 43.8 Å². The number of benzene rings is 13. The maximum atomic E-state index is 10.7. The summed E-state index contributed by atoms with van der Waals surface area (Å²) in [4.78, 5) is 16.3. The summed E-state index contributed by atoms with van der Waals surface area (Å²) < 4.78 is 4.83. The van der Waals surface area contributed by atoms with E-state index in [1.165, 1.54) is 22.3 Å². The lowest BCUT2D eigenvalue weighted by atomic mass is 9.93. The Labute approximate surface area is 535 Å². The molecule has 13 aromatic carbocycles. The van der Waals surface area contributed by atoms with Gasteiger partial charge in [-0.05, 0) is 168 Å². The molecule has 0 bridgehead atoms. The lowest BCUT2D eigenvalue weighted by Gasteiger charge is -2.19. The SMILES string of the molecule is Cc1ccc(-c2ccc3c(c2)c2cc(-c4ccc(C)cc4)ccc2n3-c2ccc(-c3ccccc3C#N)cc2-c2ccc(-n3c4ccc(-c5ccc(C)cc5)cc4c4cc(-c5ccc(C)cc5)ccc43)c(-c3nc(-c4ccccc4)nc(-c4ccccc4)n3)c2)cc1. The number of aromatic nitrogens is 5. The van der Waals surface area contributed by atoms with Crippen LogP contribution in [0.5, 0.6) is 0 Å². The highest BCUT2D eigenvalue weighted by Crippen LogP contribution is 2.45. The Balaban J connectivity index is 0.996. The number of fused-ring (bicyclic) bond motifs is 6. The standard InChI is InChI=1S/C86H60N6/c1-54-19-27-58(28-20-54)64-35-41-79-73(47-64)74-48-65(59-29-21-55(2)22-30-59)36-42-80(74)91(79)78-45-39-68(71-18-12-11-17-70(71)53-87)51-72(78)69-40-46-83(77(52-69)86-89-84(62-13-7-5-8-14-62)88-85(90-86)63-15-9-6-10-16-63)92-81-43-37-66(60-31-23-56(3)24-32-60)49-75(81)76-50-67(38-44-82(76)92)61-33-25-57(4)26-34-61/h5-52H,1-4H3. The molecular formula is C86H60N6. The van der Waals surface area contributed by atoms with Gasteiger partial charge in [-0.3, -0.25) is 0 Å². The zero-order chi connectivity index (χ0) is 62.0. The normalized spacial score (nSPS) is 11.5. The van der Waals surface area contributed by atoms with Crippen molar-refractivity contribution < 1.29 is 0 Å². The highest BCUT2D eigenvalue weighted by atomic mass is 15.1. The summed E-state index contributed by atoms with van der Waals surface area (Å²) in [5.41, 5.74) is 27.0. The first-order chi connectivity index (χ1) is 45.2. The second-order valence-electron chi connectivity index (χ2n) is 24.2. The third-order valence-corrected chi connectivity index (χ3v) is 18.2. The summed E-state index contributed by atoms with van der Waals surface area (Å²) in [6, 6.07) is 107. The van der Waals surface area contributed by atoms with Gasteiger partial charge in [-0.1, -0.05) is 235 Å². The Bertz CT molecular complexity index is 5310. The van der Waals surface area contributed by atoms with E-state index in [1.54, 1.807) is 0 Å². The summed E-state index contributed by atoms with van der Waals surface area (Å²) in [6.07, 6.45) is 0. The quantitative estimate of drug-likeness (QED) is 0.129. The number of rotatable bonds is 11. The largest absolute Gasteiger partial charge is 0.309 e. The van der Waals surface area contributed by atoms with E-state index in [2.05, 4.69) is 273 Å². The molecule has 0 aliphatic heterocycles. The van der Waals surface area contributed by atoms with E-state index in [9.17, 15) is 5.26 Å². The number of hydrogen-bond acceptors (Lipinski definition) is 4. The van der Waals surface area contributed by atoms with Crippen LogP contribution in [0.4, 0.5) is 0 Å². The first kappa shape index (κ1) is 55.3. The van der Waals surface area contributed by atoms with Crippen molar-refractivity contribution in [1.29, 1.82) is 5.26 Å². The minimum absolute atomic E-state index is 0.522. The highest BCUT2D eigenvalue weighted by molar-refractivity contribution is 6.14. The van der Waals surface area contributed by atoms with Crippen LogP contribution in [-0.2, 0) is 0 Å². The molecule has 6 heteroatoms. The first-order valence-electron chi connectivity index (χ1n) is 31.3. The van der Waals surface area contributed by atoms with Crippen LogP contribution in [0.2, 0.25) is 0 Å². The van der Waals surface area contributed by atoms with Gasteiger partial charge in [-0.25, -0.2) is 15.0 Å². The monoisotopic (exact) mass is 1180 g/mol. The van der Waals surface area contributed by atoms with Crippen molar-refractivity contribution in [3.05, 3.63) is 319 Å². The molecule has 0 unspecified atom stereocenters. The lowest BCUT2D eigenvalue weighted by Crippen LogP contribution is -2.04. The average Bonchev–Trinajstić information content (AvgIpc) is 1.57. The van der Waals surface area contributed by atoms with Crippen LogP contribution >= 0.6 is 0 Å². The summed E-state index contributed by atoms with van der Waals surface area (Å²) in [5, 5.41) is 15.2. The van der Waals surface area contributed by atoms with Crippen LogP contribution in [0.25, 0.3) is 156 Å². The van der Waals surface area contributed by atoms with E-state index in [-0.39, 0.29) is 0 Å². The van der Waals surface area contributed by atoms with Crippen LogP contribution in [0.1, 0.15) is 27.8 Å². The topological polar surface area (TPSA) is 72.3 Å². The van der Waals surface area contributed by atoms with Crippen molar-refractivity contribution in [3.63, 3.8) is 0 Å². The van der Waals surface area contributed by atoms with Gasteiger partial charge < -0.3 is 9.13 Å². The Hall–Kier alpha value is -12.0. The predicted octanol–water partition coefficient (Wildman–Crippen LogP) is 22.2. The summed E-state index contributed by atoms with van der Waals surface area (Å²) in [6.45, 7) is 8.53. The smallest absolute Gasteiger partial charge is 0.166 e. The van der Waals surface area contributed by atoms with Gasteiger partial charge in [0.05, 0.1) is 45.1 Å². The molecule has 16 aromatic rings. The molecule has 0 fully saturated rings. The molecule has 0 spiro atoms. The van der Waals surface area contributed by atoms with Crippen molar-refractivity contribution in [3.8, 4) is 118 Å². The second kappa shape index (κ2) is 22.8. The van der Waals surface area contributed by atoms with Gasteiger partial charge >= 0.3 is 0 Å². The van der Waals surface area contributed by atoms with Gasteiger partial charge in [0.2, 0.25) is 0 Å². The molecule has 16 rings (SSSR count). The molecule has 0 saturated heterocycles. The van der Waals surface area contributed by atoms with Crippen LogP contribution in [0, 0.1) is 39.0 Å². The molecular weight excluding hydrogens is 1120 g/mol. The molecule has 92 heavy (non-hydrogen) atoms. The fourth-order valence-corrected chi connectivity index (χ4v) is 13.2. The summed E-state index contributed by atoms with van der Waals surface area (Å²) in [5.74, 6) is 1.65. The zero-order valence-electron chi connectivity index (χ0n) is 51.4. The van der Waals surface area contributed by atoms with Crippen molar-refractivity contribution in [2.45, 2.75) is 27.7 Å². The molecule has 0 saturated carbocycles. The van der Waals surface area contributed by atoms with Crippen molar-refractivity contribution in [1.82, 2.24) is 24.1 Å². The third-order valence-electron chi connectivity index (χ3n) is 18.2. The van der Waals surface area contributed by atoms with Crippen LogP contribution in [0.15, 0.2) is 291 Å². The fraction of sp³-hybridized carbons (Fsp3) is 0.0465. The lowest BCUT2D eigenvalue weighted by molar-refractivity contribution is 1.06. The fourth-order valence-electron chi connectivity index (χ4n) is 13.2. The number of nitriles is 1. The first-order valence-corrected chi connectivity index (χ1v) is 31.3. The molecule has 0 aliphatic rings. The molecule has 434 valence electrons. The third kappa shape index (κ3) is 9.99. The van der Waals surface area contributed by atoms with Crippen molar-refractivity contribution in [2.24, 2.45) is 0 Å². The Kier molecular flexibility index (Phi) is 13.7. The summed E-state index contributed by atoms with van der Waals surface area (Å²) >= 11 is 0. The van der Waals surface area contributed by atoms with Crippen molar-refractivity contribution >= 4 is 43.6 Å². The minimum atomic E-state index is 0.522. The Morgan fingerprint density at radius 1 is 0.250 bits per heavy atom. The van der Waals surface area contributed by atoms with E-state index in [1.807, 2.05) is 60.7 Å². The van der Waals surface area contributed by atoms with Crippen molar-refractivity contribution in [2.75, 3.05) is 0 Å². The molecule has 0 atom stereocenters. The maximum absolute atomic E-state index is 10.7. The van der Waals surface area contributed by atoms with E-state index >= 15 is 0 Å². The number of hydrogen-bond donors (Lipinski definition) is 0. The van der Waals surface area contributed by atoms with Gasteiger partial charge in [-0.2, -0.15) is 5.26 Å². The molecule has 3 aromatic heterocycles. The van der Waals surface area contributed by atoms with Crippen LogP contribution in [0.3, 0.4) is 0 Å². The van der Waals surface area contributed by atoms with Gasteiger partial charge in [0.15, 0.2) is 17.5 Å². The number of nitrogens with zero attached hydrogens (tertiary/aromatic N) is 6. The van der Waals surface area contributed by atoms with Crippen LogP contribution < -0.4 is 0 Å². The van der Waals surface area contributed by atoms with Crippen LogP contribution in [-0.4, -0.2) is 24.1 Å². The molecule has 0 aliphatic carbocycles. The van der Waals surface area contributed by atoms with E-state index in [0.717, 1.165) is 138 Å². The number of aryl methyl sites for hydroxylation is 4. The van der Waals surface area contributed by atoms with E-state index < -0.39 is 0 Å². The Morgan fingerprint density at radius 2 is 0.554 bits per heavy atom. The minimum Gasteiger partial charge on any atom is -0.309 e. The van der Waals surface area contributed by atoms with E-state index in [4.69, 9.17) is 15.0 Å². The molecule has 6 nitrogen and oxygen atoms in total. The zero-order valence-corrected chi connectivity index (χ0v) is 51.4. The second-order valence-corrected chi connectivity index (χ2v) is 24.2. The molecule has 0 N–H and O–H groups in total. The van der Waals surface area contributed by atoms with Gasteiger partial charge in [0.1, 0.15) is 0 Å². The average molecular weight is 1180 g/mol. The Morgan fingerprint density at radius 3 is 0.935 bits per heavy atom. The maximum Gasteiger partial charge on any atom is 0.166 e. The van der Waals surface area contributed by atoms with Gasteiger partial charge in [0.25, 0.3) is 0 Å². The predicted molar refractivity (Wildman–Crippen MR) is 381 cm³/mol. The molecule has 0 radical (unpaired) electrons.